The molecule has 6 nitrogen and oxygen atoms in total. The largest absolute Gasteiger partial charge is 0.462 e. The molecular weight excluding hydrogens is 416 g/mol. The minimum atomic E-state index is -0.561. The Morgan fingerprint density at radius 2 is 1.88 bits per heavy atom. The fraction of sp³-hybridized carbons (Fsp3) is 0.481. The Balaban J connectivity index is 1.62. The number of amides is 1. The average molecular weight is 453 g/mol. The van der Waals surface area contributed by atoms with Crippen molar-refractivity contribution in [2.45, 2.75) is 57.8 Å². The van der Waals surface area contributed by atoms with Gasteiger partial charge in [-0.3, -0.25) is 5.32 Å². The second-order valence-corrected chi connectivity index (χ2v) is 8.94. The second-order valence-electron chi connectivity index (χ2n) is 8.94. The number of ether oxygens (including phenoxy) is 2. The van der Waals surface area contributed by atoms with Crippen molar-refractivity contribution in [3.63, 3.8) is 0 Å². The van der Waals surface area contributed by atoms with Crippen molar-refractivity contribution in [2.24, 2.45) is 0 Å². The summed E-state index contributed by atoms with van der Waals surface area (Å²) in [7, 11) is 2.18. The van der Waals surface area contributed by atoms with Gasteiger partial charge in [-0.15, -0.1) is 0 Å². The van der Waals surface area contributed by atoms with Gasteiger partial charge >= 0.3 is 12.1 Å². The van der Waals surface area contributed by atoms with Gasteiger partial charge in [0.05, 0.1) is 12.2 Å². The summed E-state index contributed by atoms with van der Waals surface area (Å²) in [6, 6.07) is 14.5. The van der Waals surface area contributed by atoms with Gasteiger partial charge in [-0.1, -0.05) is 38.8 Å². The number of hydrogen-bond acceptors (Lipinski definition) is 5. The number of rotatable bonds is 8. The van der Waals surface area contributed by atoms with E-state index in [1.165, 1.54) is 18.4 Å². The van der Waals surface area contributed by atoms with Crippen molar-refractivity contribution in [3.8, 4) is 5.75 Å². The van der Waals surface area contributed by atoms with Crippen LogP contribution in [-0.4, -0.2) is 43.7 Å². The first kappa shape index (κ1) is 24.8. The normalized spacial score (nSPS) is 18.9. The van der Waals surface area contributed by atoms with Crippen LogP contribution in [0.3, 0.4) is 0 Å². The molecule has 1 aliphatic rings. The molecule has 2 aromatic carbocycles. The predicted octanol–water partition coefficient (Wildman–Crippen LogP) is 6.02. The number of benzene rings is 2. The van der Waals surface area contributed by atoms with Crippen LogP contribution < -0.4 is 10.1 Å². The number of unbranched alkanes of at least 4 members (excludes halogenated alkanes) is 1. The molecule has 3 rings (SSSR count). The Bertz CT molecular complexity index is 928. The fourth-order valence-corrected chi connectivity index (χ4v) is 4.47. The maximum Gasteiger partial charge on any atom is 0.417 e. The van der Waals surface area contributed by atoms with Gasteiger partial charge in [0.25, 0.3) is 0 Å². The van der Waals surface area contributed by atoms with E-state index in [0.717, 1.165) is 38.8 Å². The molecule has 1 fully saturated rings. The van der Waals surface area contributed by atoms with Gasteiger partial charge in [0.15, 0.2) is 0 Å². The molecule has 1 N–H and O–H groups in total. The van der Waals surface area contributed by atoms with Crippen LogP contribution in [0.1, 0.15) is 68.3 Å². The lowest BCUT2D eigenvalue weighted by molar-refractivity contribution is 0.0499. The van der Waals surface area contributed by atoms with Crippen molar-refractivity contribution < 1.29 is 19.1 Å². The highest BCUT2D eigenvalue weighted by Gasteiger charge is 2.33. The number of nitrogens with one attached hydrogen (secondary N) is 1. The lowest BCUT2D eigenvalue weighted by Crippen LogP contribution is -2.37. The van der Waals surface area contributed by atoms with E-state index in [4.69, 9.17) is 9.47 Å². The van der Waals surface area contributed by atoms with E-state index in [1.54, 1.807) is 24.3 Å². The van der Waals surface area contributed by atoms with E-state index in [0.29, 0.717) is 23.6 Å². The highest BCUT2D eigenvalue weighted by molar-refractivity contribution is 5.91. The van der Waals surface area contributed by atoms with Gasteiger partial charge in [0, 0.05) is 17.6 Å². The molecule has 0 aromatic heterocycles. The van der Waals surface area contributed by atoms with Gasteiger partial charge in [-0.25, -0.2) is 9.59 Å². The molecule has 1 unspecified atom stereocenters. The Morgan fingerprint density at radius 1 is 1.09 bits per heavy atom. The molecule has 0 bridgehead atoms. The van der Waals surface area contributed by atoms with E-state index in [9.17, 15) is 9.59 Å². The Hall–Kier alpha value is -2.86. The molecular formula is C27H36N2O4. The Labute approximate surface area is 197 Å². The molecule has 1 amide bonds. The highest BCUT2D eigenvalue weighted by atomic mass is 16.6. The lowest BCUT2D eigenvalue weighted by atomic mass is 9.74. The topological polar surface area (TPSA) is 67.9 Å². The number of carbonyl (C=O) groups is 2. The van der Waals surface area contributed by atoms with Crippen LogP contribution in [0, 0.1) is 0 Å². The van der Waals surface area contributed by atoms with Gasteiger partial charge in [0.2, 0.25) is 0 Å². The molecule has 0 aliphatic carbocycles. The van der Waals surface area contributed by atoms with Crippen molar-refractivity contribution in [2.75, 3.05) is 32.1 Å². The van der Waals surface area contributed by atoms with Crippen LogP contribution in [-0.2, 0) is 10.2 Å². The molecule has 6 heteroatoms. The first-order chi connectivity index (χ1) is 16.0. The molecule has 0 saturated carbocycles. The number of hydrogen-bond donors (Lipinski definition) is 1. The summed E-state index contributed by atoms with van der Waals surface area (Å²) in [5.74, 6) is 0.171. The van der Waals surface area contributed by atoms with E-state index >= 15 is 0 Å². The smallest absolute Gasteiger partial charge is 0.417 e. The second kappa shape index (κ2) is 11.8. The molecule has 1 aliphatic heterocycles. The van der Waals surface area contributed by atoms with Crippen LogP contribution >= 0.6 is 0 Å². The first-order valence-electron chi connectivity index (χ1n) is 12.0. The standard InChI is InChI=1S/C27H36N2O4/c1-4-6-18-32-25(30)21-12-14-23(15-13-21)28-26(31)33-24-11-9-10-22(19-24)27(5-2)16-7-8-17-29(3)20-27/h9-15,19H,4-8,16-18,20H2,1-3H3,(H,28,31). The molecule has 1 saturated heterocycles. The monoisotopic (exact) mass is 452 g/mol. The summed E-state index contributed by atoms with van der Waals surface area (Å²) in [6.07, 6.45) is 5.84. The van der Waals surface area contributed by atoms with Crippen LogP contribution in [0.15, 0.2) is 48.5 Å². The molecule has 178 valence electrons. The van der Waals surface area contributed by atoms with Crippen LogP contribution in [0.5, 0.6) is 5.75 Å². The minimum Gasteiger partial charge on any atom is -0.462 e. The van der Waals surface area contributed by atoms with Gasteiger partial charge in [-0.2, -0.15) is 0 Å². The number of likely N-dealkylation sites (N-methyl/N-ethyl adjacent to an activating group) is 1. The third-order valence-corrected chi connectivity index (χ3v) is 6.45. The van der Waals surface area contributed by atoms with E-state index < -0.39 is 6.09 Å². The van der Waals surface area contributed by atoms with Crippen molar-refractivity contribution in [3.05, 3.63) is 59.7 Å². The zero-order chi connectivity index (χ0) is 23.7. The summed E-state index contributed by atoms with van der Waals surface area (Å²) in [5.41, 5.74) is 2.30. The summed E-state index contributed by atoms with van der Waals surface area (Å²) in [5, 5.41) is 2.73. The van der Waals surface area contributed by atoms with Crippen molar-refractivity contribution in [1.29, 1.82) is 0 Å². The Kier molecular flexibility index (Phi) is 8.89. The third kappa shape index (κ3) is 6.81. The van der Waals surface area contributed by atoms with Crippen LogP contribution in [0.4, 0.5) is 10.5 Å². The first-order valence-corrected chi connectivity index (χ1v) is 12.0. The zero-order valence-corrected chi connectivity index (χ0v) is 20.1. The summed E-state index contributed by atoms with van der Waals surface area (Å²) < 4.78 is 10.8. The van der Waals surface area contributed by atoms with E-state index in [2.05, 4.69) is 30.3 Å². The number of carbonyl (C=O) groups excluding carboxylic acids is 2. The maximum atomic E-state index is 12.5. The summed E-state index contributed by atoms with van der Waals surface area (Å²) in [6.45, 7) is 6.82. The van der Waals surface area contributed by atoms with Gasteiger partial charge in [-0.05, 0) is 81.2 Å². The highest BCUT2D eigenvalue weighted by Crippen LogP contribution is 2.37. The quantitative estimate of drug-likeness (QED) is 0.392. The maximum absolute atomic E-state index is 12.5. The van der Waals surface area contributed by atoms with Crippen molar-refractivity contribution >= 4 is 17.7 Å². The molecule has 0 spiro atoms. The molecule has 1 heterocycles. The number of likely N-dealkylation sites (tertiary alicyclic amines) is 1. The predicted molar refractivity (Wildman–Crippen MR) is 131 cm³/mol. The number of esters is 1. The fourth-order valence-electron chi connectivity index (χ4n) is 4.47. The molecule has 0 radical (unpaired) electrons. The Morgan fingerprint density at radius 3 is 2.61 bits per heavy atom. The van der Waals surface area contributed by atoms with Crippen LogP contribution in [0.25, 0.3) is 0 Å². The van der Waals surface area contributed by atoms with E-state index in [1.807, 2.05) is 25.1 Å². The summed E-state index contributed by atoms with van der Waals surface area (Å²) >= 11 is 0. The molecule has 1 atom stereocenters. The summed E-state index contributed by atoms with van der Waals surface area (Å²) in [4.78, 5) is 26.9. The van der Waals surface area contributed by atoms with Crippen LogP contribution in [0.2, 0.25) is 0 Å². The molecule has 2 aromatic rings. The van der Waals surface area contributed by atoms with Gasteiger partial charge in [0.1, 0.15) is 5.75 Å². The molecule has 33 heavy (non-hydrogen) atoms. The van der Waals surface area contributed by atoms with Crippen molar-refractivity contribution in [1.82, 2.24) is 4.90 Å². The van der Waals surface area contributed by atoms with Gasteiger partial charge < -0.3 is 14.4 Å². The zero-order valence-electron chi connectivity index (χ0n) is 20.1. The SMILES string of the molecule is CCCCOC(=O)c1ccc(NC(=O)Oc2cccc(C3(CC)CCCCN(C)C3)c2)cc1. The van der Waals surface area contributed by atoms with E-state index in [-0.39, 0.29) is 11.4 Å². The third-order valence-electron chi connectivity index (χ3n) is 6.45. The number of nitrogens with zero attached hydrogens (tertiary/aromatic N) is 1. The number of anilines is 1. The average Bonchev–Trinajstić information content (AvgIpc) is 3.01. The minimum absolute atomic E-state index is 0.0721. The lowest BCUT2D eigenvalue weighted by Gasteiger charge is -2.35.